The number of methoxy groups -OCH3 is 2. The molecular formula is C20H32N2O6. The molecule has 0 bridgehead atoms. The number of amides is 2. The van der Waals surface area contributed by atoms with E-state index >= 15 is 0 Å². The van der Waals surface area contributed by atoms with E-state index in [4.69, 9.17) is 14.2 Å². The van der Waals surface area contributed by atoms with Gasteiger partial charge in [-0.15, -0.1) is 0 Å². The van der Waals surface area contributed by atoms with E-state index in [-0.39, 0.29) is 36.2 Å². The van der Waals surface area contributed by atoms with Gasteiger partial charge in [-0.1, -0.05) is 27.7 Å². The lowest BCUT2D eigenvalue weighted by molar-refractivity contribution is -0.210. The van der Waals surface area contributed by atoms with Crippen LogP contribution in [-0.2, 0) is 28.6 Å². The predicted octanol–water partition coefficient (Wildman–Crippen LogP) is 1.89. The minimum atomic E-state index is -1.41. The molecule has 28 heavy (non-hydrogen) atoms. The molecule has 0 aromatic rings. The molecule has 8 nitrogen and oxygen atoms in total. The van der Waals surface area contributed by atoms with Gasteiger partial charge in [-0.3, -0.25) is 19.3 Å². The minimum absolute atomic E-state index is 0.125. The van der Waals surface area contributed by atoms with Gasteiger partial charge in [0.25, 0.3) is 0 Å². The molecular weight excluding hydrogens is 364 g/mol. The second kappa shape index (κ2) is 9.05. The summed E-state index contributed by atoms with van der Waals surface area (Å²) in [5.74, 6) is -1.46. The quantitative estimate of drug-likeness (QED) is 0.638. The molecule has 2 amide bonds. The first-order chi connectivity index (χ1) is 13.2. The van der Waals surface area contributed by atoms with Crippen LogP contribution in [0.15, 0.2) is 12.4 Å². The van der Waals surface area contributed by atoms with E-state index in [1.807, 2.05) is 13.8 Å². The summed E-state index contributed by atoms with van der Waals surface area (Å²) in [4.78, 5) is 41.3. The topological polar surface area (TPSA) is 85.4 Å². The van der Waals surface area contributed by atoms with Gasteiger partial charge in [-0.2, -0.15) is 0 Å². The molecule has 0 aliphatic carbocycles. The summed E-state index contributed by atoms with van der Waals surface area (Å²) >= 11 is 0. The molecule has 1 saturated heterocycles. The van der Waals surface area contributed by atoms with Crippen molar-refractivity contribution in [1.82, 2.24) is 9.80 Å². The molecule has 0 N–H and O–H groups in total. The van der Waals surface area contributed by atoms with E-state index in [0.717, 1.165) is 6.42 Å². The van der Waals surface area contributed by atoms with Crippen molar-refractivity contribution in [2.75, 3.05) is 20.8 Å². The van der Waals surface area contributed by atoms with Crippen LogP contribution in [0.4, 0.5) is 0 Å². The van der Waals surface area contributed by atoms with Gasteiger partial charge >= 0.3 is 5.97 Å². The number of hydrogen-bond acceptors (Lipinski definition) is 6. The molecule has 2 rings (SSSR count). The van der Waals surface area contributed by atoms with Crippen LogP contribution in [0.5, 0.6) is 0 Å². The Kier molecular flexibility index (Phi) is 7.22. The van der Waals surface area contributed by atoms with Gasteiger partial charge in [0.05, 0.1) is 19.6 Å². The maximum absolute atomic E-state index is 13.0. The monoisotopic (exact) mass is 396 g/mol. The third-order valence-electron chi connectivity index (χ3n) is 5.32. The van der Waals surface area contributed by atoms with Crippen molar-refractivity contribution in [3.8, 4) is 0 Å². The van der Waals surface area contributed by atoms with Gasteiger partial charge in [-0.25, -0.2) is 0 Å². The van der Waals surface area contributed by atoms with Crippen molar-refractivity contribution in [3.05, 3.63) is 12.4 Å². The van der Waals surface area contributed by atoms with Gasteiger partial charge in [-0.05, 0) is 12.8 Å². The zero-order valence-corrected chi connectivity index (χ0v) is 17.6. The van der Waals surface area contributed by atoms with E-state index in [9.17, 15) is 14.4 Å². The highest BCUT2D eigenvalue weighted by atomic mass is 16.5. The van der Waals surface area contributed by atoms with E-state index < -0.39 is 17.7 Å². The Morgan fingerprint density at radius 2 is 1.75 bits per heavy atom. The number of hydrogen-bond donors (Lipinski definition) is 0. The first-order valence-electron chi connectivity index (χ1n) is 9.76. The molecule has 0 radical (unpaired) electrons. The molecule has 2 aliphatic heterocycles. The Morgan fingerprint density at radius 3 is 2.21 bits per heavy atom. The molecule has 158 valence electrons. The van der Waals surface area contributed by atoms with Gasteiger partial charge in [0.1, 0.15) is 6.04 Å². The number of nitrogens with zero attached hydrogens (tertiary/aromatic N) is 2. The van der Waals surface area contributed by atoms with Crippen LogP contribution in [0.1, 0.15) is 47.0 Å². The highest BCUT2D eigenvalue weighted by Crippen LogP contribution is 2.40. The van der Waals surface area contributed by atoms with E-state index in [0.29, 0.717) is 13.0 Å². The van der Waals surface area contributed by atoms with E-state index in [1.165, 1.54) is 25.3 Å². The number of esters is 1. The average Bonchev–Trinajstić information content (AvgIpc) is 3.19. The van der Waals surface area contributed by atoms with Crippen molar-refractivity contribution in [3.63, 3.8) is 0 Å². The highest BCUT2D eigenvalue weighted by molar-refractivity contribution is 5.84. The number of rotatable bonds is 6. The van der Waals surface area contributed by atoms with E-state index in [1.54, 1.807) is 24.9 Å². The SMILES string of the molecule is COC(=O)CC1(OC)C(C2CCCO2)N(C(=O)C(C)C)C=CN1C(=O)C(C)C. The summed E-state index contributed by atoms with van der Waals surface area (Å²) in [5.41, 5.74) is -1.41. The van der Waals surface area contributed by atoms with Crippen molar-refractivity contribution in [1.29, 1.82) is 0 Å². The molecule has 8 heteroatoms. The van der Waals surface area contributed by atoms with Crippen LogP contribution in [0.25, 0.3) is 0 Å². The average molecular weight is 396 g/mol. The van der Waals surface area contributed by atoms with Gasteiger partial charge < -0.3 is 19.1 Å². The lowest BCUT2D eigenvalue weighted by Crippen LogP contribution is -2.70. The van der Waals surface area contributed by atoms with Crippen molar-refractivity contribution in [2.24, 2.45) is 11.8 Å². The normalized spacial score (nSPS) is 27.6. The first kappa shape index (κ1) is 22.4. The standard InChI is InChI=1S/C20H32N2O6/c1-13(2)18(24)21-9-10-22(19(25)14(3)4)20(27-6,12-16(23)26-5)17(21)15-8-7-11-28-15/h9-10,13-15,17H,7-8,11-12H2,1-6H3. The lowest BCUT2D eigenvalue weighted by Gasteiger charge is -2.53. The van der Waals surface area contributed by atoms with Crippen molar-refractivity contribution < 1.29 is 28.6 Å². The number of ether oxygens (including phenoxy) is 3. The minimum Gasteiger partial charge on any atom is -0.469 e. The zero-order valence-electron chi connectivity index (χ0n) is 17.6. The molecule has 2 aliphatic rings. The van der Waals surface area contributed by atoms with Gasteiger partial charge in [0, 0.05) is 38.0 Å². The molecule has 3 atom stereocenters. The first-order valence-corrected chi connectivity index (χ1v) is 9.76. The van der Waals surface area contributed by atoms with Crippen LogP contribution in [0.3, 0.4) is 0 Å². The van der Waals surface area contributed by atoms with Crippen LogP contribution in [0.2, 0.25) is 0 Å². The fraction of sp³-hybridized carbons (Fsp3) is 0.750. The van der Waals surface area contributed by atoms with E-state index in [2.05, 4.69) is 0 Å². The second-order valence-electron chi connectivity index (χ2n) is 7.86. The summed E-state index contributed by atoms with van der Waals surface area (Å²) in [6.07, 6.45) is 4.10. The largest absolute Gasteiger partial charge is 0.469 e. The zero-order chi connectivity index (χ0) is 21.1. The summed E-state index contributed by atoms with van der Waals surface area (Å²) in [5, 5.41) is 0. The van der Waals surface area contributed by atoms with Gasteiger partial charge in [0.15, 0.2) is 5.72 Å². The summed E-state index contributed by atoms with van der Waals surface area (Å²) in [6, 6.07) is -0.665. The number of carbonyl (C=O) groups excluding carboxylic acids is 3. The van der Waals surface area contributed by atoms with Gasteiger partial charge in [0.2, 0.25) is 11.8 Å². The predicted molar refractivity (Wildman–Crippen MR) is 102 cm³/mol. The third kappa shape index (κ3) is 4.07. The van der Waals surface area contributed by atoms with Crippen LogP contribution < -0.4 is 0 Å². The van der Waals surface area contributed by atoms with Crippen LogP contribution in [0, 0.1) is 11.8 Å². The Labute approximate surface area is 166 Å². The highest BCUT2D eigenvalue weighted by Gasteiger charge is 2.57. The second-order valence-corrected chi connectivity index (χ2v) is 7.86. The summed E-state index contributed by atoms with van der Waals surface area (Å²) < 4.78 is 16.7. The lowest BCUT2D eigenvalue weighted by atomic mass is 9.87. The summed E-state index contributed by atoms with van der Waals surface area (Å²) in [7, 11) is 2.74. The molecule has 3 unspecified atom stereocenters. The fourth-order valence-electron chi connectivity index (χ4n) is 3.85. The van der Waals surface area contributed by atoms with Crippen LogP contribution >= 0.6 is 0 Å². The number of carbonyl (C=O) groups is 3. The smallest absolute Gasteiger partial charge is 0.310 e. The third-order valence-corrected chi connectivity index (χ3v) is 5.32. The Bertz CT molecular complexity index is 626. The van der Waals surface area contributed by atoms with Crippen molar-refractivity contribution >= 4 is 17.8 Å². The molecule has 0 aromatic carbocycles. The van der Waals surface area contributed by atoms with Crippen LogP contribution in [-0.4, -0.2) is 66.3 Å². The molecule has 2 heterocycles. The molecule has 0 spiro atoms. The maximum atomic E-state index is 13.0. The fourth-order valence-corrected chi connectivity index (χ4v) is 3.85. The van der Waals surface area contributed by atoms with Crippen molar-refractivity contribution in [2.45, 2.75) is 64.8 Å². The Morgan fingerprint density at radius 1 is 1.11 bits per heavy atom. The maximum Gasteiger partial charge on any atom is 0.310 e. The molecule has 0 saturated carbocycles. The Hall–Kier alpha value is -1.93. The molecule has 0 aromatic heterocycles. The Balaban J connectivity index is 2.64. The molecule has 1 fully saturated rings. The summed E-state index contributed by atoms with van der Waals surface area (Å²) in [6.45, 7) is 7.74.